The molecule has 2 heterocycles. The fraction of sp³-hybridized carbons (Fsp3) is 0.100. The van der Waals surface area contributed by atoms with Crippen LogP contribution in [0.2, 0.25) is 0 Å². The van der Waals surface area contributed by atoms with Crippen molar-refractivity contribution in [2.75, 3.05) is 0 Å². The van der Waals surface area contributed by atoms with Crippen molar-refractivity contribution in [2.45, 2.75) is 6.92 Å². The van der Waals surface area contributed by atoms with Gasteiger partial charge in [0.05, 0.1) is 23.2 Å². The highest BCUT2D eigenvalue weighted by Crippen LogP contribution is 2.32. The van der Waals surface area contributed by atoms with Gasteiger partial charge in [0.2, 0.25) is 0 Å². The van der Waals surface area contributed by atoms with E-state index in [0.29, 0.717) is 0 Å². The molecule has 0 spiro atoms. The van der Waals surface area contributed by atoms with Gasteiger partial charge in [-0.2, -0.15) is 0 Å². The van der Waals surface area contributed by atoms with Gasteiger partial charge in [-0.05, 0) is 31.2 Å². The highest BCUT2D eigenvalue weighted by Gasteiger charge is 2.13. The standard InChI is InChI=1S/C20H17N3/c1-14-5-3-6-16(11-14)19-20(23(2)13-22-19)17-8-9-18-15(12-17)7-4-10-21-18/h3-13H,1-2H3. The molecule has 0 aliphatic heterocycles. The van der Waals surface area contributed by atoms with Gasteiger partial charge in [0, 0.05) is 29.8 Å². The number of hydrogen-bond donors (Lipinski definition) is 0. The second kappa shape index (κ2) is 5.36. The van der Waals surface area contributed by atoms with Crippen LogP contribution in [-0.4, -0.2) is 14.5 Å². The van der Waals surface area contributed by atoms with Gasteiger partial charge in [-0.3, -0.25) is 4.98 Å². The van der Waals surface area contributed by atoms with E-state index in [1.807, 2.05) is 25.6 Å². The van der Waals surface area contributed by atoms with Gasteiger partial charge in [0.25, 0.3) is 0 Å². The summed E-state index contributed by atoms with van der Waals surface area (Å²) < 4.78 is 2.08. The van der Waals surface area contributed by atoms with Crippen LogP contribution in [0.1, 0.15) is 5.56 Å². The second-order valence-corrected chi connectivity index (χ2v) is 5.83. The fourth-order valence-corrected chi connectivity index (χ4v) is 3.00. The topological polar surface area (TPSA) is 30.7 Å². The first-order valence-electron chi connectivity index (χ1n) is 7.66. The number of hydrogen-bond acceptors (Lipinski definition) is 2. The Labute approximate surface area is 135 Å². The Morgan fingerprint density at radius 1 is 0.870 bits per heavy atom. The molecule has 4 rings (SSSR count). The Balaban J connectivity index is 1.92. The fourth-order valence-electron chi connectivity index (χ4n) is 3.00. The van der Waals surface area contributed by atoms with Crippen LogP contribution in [0, 0.1) is 6.92 Å². The van der Waals surface area contributed by atoms with Crippen LogP contribution in [0.15, 0.2) is 67.1 Å². The summed E-state index contributed by atoms with van der Waals surface area (Å²) in [6, 6.07) is 18.9. The highest BCUT2D eigenvalue weighted by molar-refractivity contribution is 5.87. The maximum Gasteiger partial charge on any atom is 0.0963 e. The molecule has 0 fully saturated rings. The number of imidazole rings is 1. The Morgan fingerprint density at radius 2 is 1.78 bits per heavy atom. The summed E-state index contributed by atoms with van der Waals surface area (Å²) in [4.78, 5) is 9.03. The van der Waals surface area contributed by atoms with Crippen molar-refractivity contribution < 1.29 is 0 Å². The van der Waals surface area contributed by atoms with Crippen LogP contribution >= 0.6 is 0 Å². The SMILES string of the molecule is Cc1cccc(-c2ncn(C)c2-c2ccc3ncccc3c2)c1. The minimum atomic E-state index is 1.01. The van der Waals surface area contributed by atoms with Gasteiger partial charge in [0.15, 0.2) is 0 Å². The predicted octanol–water partition coefficient (Wildman–Crippen LogP) is 4.61. The lowest BCUT2D eigenvalue weighted by molar-refractivity contribution is 0.922. The Morgan fingerprint density at radius 3 is 2.65 bits per heavy atom. The van der Waals surface area contributed by atoms with Crippen LogP contribution in [0.3, 0.4) is 0 Å². The van der Waals surface area contributed by atoms with E-state index >= 15 is 0 Å². The second-order valence-electron chi connectivity index (χ2n) is 5.83. The molecule has 3 nitrogen and oxygen atoms in total. The van der Waals surface area contributed by atoms with E-state index in [1.54, 1.807) is 0 Å². The zero-order chi connectivity index (χ0) is 15.8. The summed E-state index contributed by atoms with van der Waals surface area (Å²) in [5.41, 5.74) is 6.69. The van der Waals surface area contributed by atoms with E-state index in [2.05, 4.69) is 70.0 Å². The molecule has 0 saturated carbocycles. The number of aryl methyl sites for hydroxylation is 2. The number of nitrogens with zero attached hydrogens (tertiary/aromatic N) is 3. The Bertz CT molecular complexity index is 999. The van der Waals surface area contributed by atoms with Crippen LogP contribution < -0.4 is 0 Å². The molecule has 0 N–H and O–H groups in total. The maximum absolute atomic E-state index is 4.63. The lowest BCUT2D eigenvalue weighted by Crippen LogP contribution is -1.92. The zero-order valence-corrected chi connectivity index (χ0v) is 13.2. The molecular weight excluding hydrogens is 282 g/mol. The van der Waals surface area contributed by atoms with Crippen molar-refractivity contribution in [3.05, 3.63) is 72.7 Å². The molecule has 0 amide bonds. The van der Waals surface area contributed by atoms with Crippen LogP contribution in [0.25, 0.3) is 33.4 Å². The summed E-state index contributed by atoms with van der Waals surface area (Å²) in [5.74, 6) is 0. The lowest BCUT2D eigenvalue weighted by atomic mass is 10.0. The highest BCUT2D eigenvalue weighted by atomic mass is 15.0. The molecule has 0 bridgehead atoms. The third-order valence-electron chi connectivity index (χ3n) is 4.10. The zero-order valence-electron chi connectivity index (χ0n) is 13.2. The van der Waals surface area contributed by atoms with E-state index in [4.69, 9.17) is 0 Å². The summed E-state index contributed by atoms with van der Waals surface area (Å²) in [6.07, 6.45) is 3.70. The quantitative estimate of drug-likeness (QED) is 0.541. The summed E-state index contributed by atoms with van der Waals surface area (Å²) >= 11 is 0. The molecule has 23 heavy (non-hydrogen) atoms. The van der Waals surface area contributed by atoms with Gasteiger partial charge in [-0.1, -0.05) is 35.9 Å². The number of pyridine rings is 1. The molecule has 112 valence electrons. The number of benzene rings is 2. The molecule has 0 atom stereocenters. The maximum atomic E-state index is 4.63. The van der Waals surface area contributed by atoms with Crippen molar-refractivity contribution in [3.8, 4) is 22.5 Å². The molecule has 0 aliphatic carbocycles. The molecule has 2 aromatic carbocycles. The first-order valence-corrected chi connectivity index (χ1v) is 7.66. The van der Waals surface area contributed by atoms with Gasteiger partial charge in [-0.25, -0.2) is 4.98 Å². The Hall–Kier alpha value is -2.94. The van der Waals surface area contributed by atoms with Crippen LogP contribution in [-0.2, 0) is 7.05 Å². The summed E-state index contributed by atoms with van der Waals surface area (Å²) in [7, 11) is 2.04. The molecule has 0 radical (unpaired) electrons. The lowest BCUT2D eigenvalue weighted by Gasteiger charge is -2.08. The summed E-state index contributed by atoms with van der Waals surface area (Å²) in [5, 5.41) is 1.14. The predicted molar refractivity (Wildman–Crippen MR) is 94.1 cm³/mol. The van der Waals surface area contributed by atoms with Crippen molar-refractivity contribution in [1.82, 2.24) is 14.5 Å². The molecular formula is C20H17N3. The minimum Gasteiger partial charge on any atom is -0.333 e. The number of rotatable bonds is 2. The minimum absolute atomic E-state index is 1.01. The normalized spacial score (nSPS) is 11.0. The summed E-state index contributed by atoms with van der Waals surface area (Å²) in [6.45, 7) is 2.10. The number of fused-ring (bicyclic) bond motifs is 1. The van der Waals surface area contributed by atoms with Gasteiger partial charge in [-0.15, -0.1) is 0 Å². The average Bonchev–Trinajstić information content (AvgIpc) is 2.96. The van der Waals surface area contributed by atoms with Crippen molar-refractivity contribution in [3.63, 3.8) is 0 Å². The van der Waals surface area contributed by atoms with E-state index < -0.39 is 0 Å². The monoisotopic (exact) mass is 299 g/mol. The van der Waals surface area contributed by atoms with E-state index in [0.717, 1.165) is 33.4 Å². The van der Waals surface area contributed by atoms with Crippen LogP contribution in [0.4, 0.5) is 0 Å². The van der Waals surface area contributed by atoms with Gasteiger partial charge < -0.3 is 4.57 Å². The molecule has 3 heteroatoms. The molecule has 4 aromatic rings. The van der Waals surface area contributed by atoms with E-state index in [9.17, 15) is 0 Å². The van der Waals surface area contributed by atoms with Crippen molar-refractivity contribution >= 4 is 10.9 Å². The smallest absolute Gasteiger partial charge is 0.0963 e. The third-order valence-corrected chi connectivity index (χ3v) is 4.10. The first kappa shape index (κ1) is 13.7. The van der Waals surface area contributed by atoms with E-state index in [-0.39, 0.29) is 0 Å². The van der Waals surface area contributed by atoms with Crippen molar-refractivity contribution in [1.29, 1.82) is 0 Å². The third kappa shape index (κ3) is 2.40. The van der Waals surface area contributed by atoms with Crippen molar-refractivity contribution in [2.24, 2.45) is 7.05 Å². The van der Waals surface area contributed by atoms with Crippen LogP contribution in [0.5, 0.6) is 0 Å². The van der Waals surface area contributed by atoms with E-state index in [1.165, 1.54) is 5.56 Å². The largest absolute Gasteiger partial charge is 0.333 e. The molecule has 0 aliphatic rings. The molecule has 0 unspecified atom stereocenters. The number of aromatic nitrogens is 3. The van der Waals surface area contributed by atoms with Gasteiger partial charge in [0.1, 0.15) is 0 Å². The van der Waals surface area contributed by atoms with Gasteiger partial charge >= 0.3 is 0 Å². The molecule has 0 saturated heterocycles. The Kier molecular flexibility index (Phi) is 3.19. The average molecular weight is 299 g/mol. The molecule has 2 aromatic heterocycles. The first-order chi connectivity index (χ1) is 11.2.